The highest BCUT2D eigenvalue weighted by atomic mass is 19.1. The van der Waals surface area contributed by atoms with Crippen LogP contribution >= 0.6 is 0 Å². The van der Waals surface area contributed by atoms with E-state index >= 15 is 0 Å². The lowest BCUT2D eigenvalue weighted by Crippen LogP contribution is -2.48. The number of halogens is 1. The van der Waals surface area contributed by atoms with Gasteiger partial charge in [-0.05, 0) is 79.5 Å². The molecule has 3 aromatic carbocycles. The molecule has 0 unspecified atom stereocenters. The summed E-state index contributed by atoms with van der Waals surface area (Å²) in [7, 11) is 3.88. The number of hydrogen-bond acceptors (Lipinski definition) is 6. The fraction of sp³-hybridized carbons (Fsp3) is 0.378. The molecule has 3 N–H and O–H groups in total. The second-order valence-electron chi connectivity index (χ2n) is 12.9. The lowest BCUT2D eigenvalue weighted by molar-refractivity contribution is -0.126. The number of amides is 3. The summed E-state index contributed by atoms with van der Waals surface area (Å²) in [4.78, 5) is 45.4. The van der Waals surface area contributed by atoms with E-state index < -0.39 is 5.82 Å². The number of anilines is 3. The predicted molar refractivity (Wildman–Crippen MR) is 184 cm³/mol. The minimum atomic E-state index is -0.433. The third-order valence-corrected chi connectivity index (χ3v) is 9.49. The Labute approximate surface area is 275 Å². The molecule has 2 fully saturated rings. The largest absolute Gasteiger partial charge is 0.354 e. The van der Waals surface area contributed by atoms with Gasteiger partial charge >= 0.3 is 0 Å². The lowest BCUT2D eigenvalue weighted by atomic mass is 9.88. The van der Waals surface area contributed by atoms with Gasteiger partial charge in [-0.15, -0.1) is 0 Å². The topological polar surface area (TPSA) is 97.0 Å². The van der Waals surface area contributed by atoms with Crippen LogP contribution in [0.1, 0.15) is 48.8 Å². The van der Waals surface area contributed by atoms with E-state index in [-0.39, 0.29) is 23.6 Å². The molecule has 0 aromatic heterocycles. The highest BCUT2D eigenvalue weighted by Crippen LogP contribution is 2.38. The summed E-state index contributed by atoms with van der Waals surface area (Å²) >= 11 is 0. The number of likely N-dealkylation sites (N-methyl/N-ethyl adjacent to an activating group) is 2. The van der Waals surface area contributed by atoms with E-state index in [1.165, 1.54) is 18.6 Å². The highest BCUT2D eigenvalue weighted by Gasteiger charge is 2.29. The average Bonchev–Trinajstić information content (AvgIpc) is 3.41. The van der Waals surface area contributed by atoms with Gasteiger partial charge in [-0.2, -0.15) is 0 Å². The Morgan fingerprint density at radius 2 is 1.70 bits per heavy atom. The molecule has 10 heteroatoms. The van der Waals surface area contributed by atoms with Gasteiger partial charge in [-0.25, -0.2) is 4.39 Å². The van der Waals surface area contributed by atoms with Crippen molar-refractivity contribution in [1.82, 2.24) is 15.1 Å². The number of nitrogens with one attached hydrogen (secondary N) is 3. The van der Waals surface area contributed by atoms with Crippen molar-refractivity contribution in [3.8, 4) is 0 Å². The van der Waals surface area contributed by atoms with E-state index in [1.807, 2.05) is 48.5 Å². The third-order valence-electron chi connectivity index (χ3n) is 9.49. The van der Waals surface area contributed by atoms with E-state index in [9.17, 15) is 18.8 Å². The zero-order chi connectivity index (χ0) is 32.9. The monoisotopic (exact) mass is 638 g/mol. The molecule has 0 spiro atoms. The number of benzene rings is 3. The Bertz CT molecular complexity index is 1660. The minimum Gasteiger partial charge on any atom is -0.354 e. The Morgan fingerprint density at radius 3 is 2.45 bits per heavy atom. The van der Waals surface area contributed by atoms with Crippen LogP contribution in [0.5, 0.6) is 0 Å². The zero-order valence-corrected chi connectivity index (χ0v) is 27.2. The number of carbonyl (C=O) groups is 3. The van der Waals surface area contributed by atoms with Crippen molar-refractivity contribution in [3.05, 3.63) is 89.2 Å². The lowest BCUT2D eigenvalue weighted by Gasteiger charge is -2.32. The van der Waals surface area contributed by atoms with E-state index in [1.54, 1.807) is 18.0 Å². The molecule has 1 saturated carbocycles. The Morgan fingerprint density at radius 1 is 0.957 bits per heavy atom. The molecule has 0 bridgehead atoms. The fourth-order valence-corrected chi connectivity index (χ4v) is 6.57. The molecule has 2 heterocycles. The maximum atomic E-state index is 14.1. The molecule has 3 aliphatic rings. The van der Waals surface area contributed by atoms with Crippen molar-refractivity contribution >= 4 is 46.1 Å². The zero-order valence-electron chi connectivity index (χ0n) is 27.2. The summed E-state index contributed by atoms with van der Waals surface area (Å²) in [5.74, 6) is -0.594. The summed E-state index contributed by atoms with van der Waals surface area (Å²) in [5.41, 5.74) is 5.10. The summed E-state index contributed by atoms with van der Waals surface area (Å²) < 4.78 is 14.1. The van der Waals surface area contributed by atoms with Gasteiger partial charge in [0, 0.05) is 62.6 Å². The highest BCUT2D eigenvalue weighted by molar-refractivity contribution is 6.37. The number of hydrogen-bond donors (Lipinski definition) is 3. The van der Waals surface area contributed by atoms with Crippen molar-refractivity contribution in [3.63, 3.8) is 0 Å². The van der Waals surface area contributed by atoms with Gasteiger partial charge < -0.3 is 25.8 Å². The van der Waals surface area contributed by atoms with Crippen molar-refractivity contribution in [2.45, 2.75) is 38.6 Å². The molecule has 6 rings (SSSR count). The third kappa shape index (κ3) is 7.72. The molecule has 1 aliphatic carbocycles. The van der Waals surface area contributed by atoms with Crippen LogP contribution in [0.4, 0.5) is 21.5 Å². The first kappa shape index (κ1) is 32.4. The molecule has 0 radical (unpaired) electrons. The first-order valence-electron chi connectivity index (χ1n) is 16.5. The van der Waals surface area contributed by atoms with Gasteiger partial charge in [0.15, 0.2) is 0 Å². The van der Waals surface area contributed by atoms with Crippen molar-refractivity contribution < 1.29 is 18.8 Å². The maximum Gasteiger partial charge on any atom is 0.258 e. The van der Waals surface area contributed by atoms with E-state index in [4.69, 9.17) is 0 Å². The number of fused-ring (bicyclic) bond motifs is 1. The van der Waals surface area contributed by atoms with Gasteiger partial charge in [-0.1, -0.05) is 37.5 Å². The summed E-state index contributed by atoms with van der Waals surface area (Å²) in [5, 5.41) is 9.36. The molecular weight excluding hydrogens is 595 g/mol. The molecule has 9 nitrogen and oxygen atoms in total. The summed E-state index contributed by atoms with van der Waals surface area (Å²) in [6, 6.07) is 19.5. The predicted octanol–water partition coefficient (Wildman–Crippen LogP) is 5.16. The molecular formula is C37H43FN6O3. The SMILES string of the molecule is CN1CCN(CC(=O)N(C)c2ccc(N/C(=C3\C(=O)Nc4cc(F)ccc43)c3cccc(CNC(=O)C4CCCCC4)c3)cc2)CC1. The van der Waals surface area contributed by atoms with Crippen LogP contribution in [-0.2, 0) is 20.9 Å². The number of rotatable bonds is 9. The van der Waals surface area contributed by atoms with Crippen molar-refractivity contribution in [2.75, 3.05) is 62.4 Å². The second-order valence-corrected chi connectivity index (χ2v) is 12.9. The van der Waals surface area contributed by atoms with Gasteiger partial charge in [0.2, 0.25) is 11.8 Å². The standard InChI is InChI=1S/C37H43FN6O3/c1-42-17-19-44(20-18-42)24-33(45)43(2)30-14-12-29(13-15-30)40-35(34-31-16-11-28(38)22-32(31)41-37(34)47)27-10-6-7-25(21-27)23-39-36(46)26-8-4-3-5-9-26/h6-7,10-16,21-22,26,40H,3-5,8-9,17-20,23-24H2,1-2H3,(H,39,46)(H,41,47)/b35-34-. The van der Waals surface area contributed by atoms with Crippen LogP contribution in [0, 0.1) is 11.7 Å². The molecule has 3 aromatic rings. The first-order valence-corrected chi connectivity index (χ1v) is 16.5. The van der Waals surface area contributed by atoms with Crippen LogP contribution in [0.3, 0.4) is 0 Å². The molecule has 246 valence electrons. The molecule has 47 heavy (non-hydrogen) atoms. The van der Waals surface area contributed by atoms with Crippen molar-refractivity contribution in [2.24, 2.45) is 5.92 Å². The van der Waals surface area contributed by atoms with Crippen LogP contribution in [0.2, 0.25) is 0 Å². The van der Waals surface area contributed by atoms with Gasteiger partial charge in [-0.3, -0.25) is 19.3 Å². The van der Waals surface area contributed by atoms with E-state index in [0.717, 1.165) is 74.4 Å². The molecule has 0 atom stereocenters. The van der Waals surface area contributed by atoms with Crippen LogP contribution in [0.25, 0.3) is 11.3 Å². The second kappa shape index (κ2) is 14.5. The summed E-state index contributed by atoms with van der Waals surface area (Å²) in [6.07, 6.45) is 5.23. The Hall–Kier alpha value is -4.54. The van der Waals surface area contributed by atoms with E-state index in [0.29, 0.717) is 35.6 Å². The molecule has 3 amide bonds. The molecule has 2 aliphatic heterocycles. The van der Waals surface area contributed by atoms with E-state index in [2.05, 4.69) is 32.8 Å². The Kier molecular flexibility index (Phi) is 9.98. The first-order chi connectivity index (χ1) is 22.7. The Balaban J connectivity index is 1.24. The number of piperazine rings is 1. The van der Waals surface area contributed by atoms with Crippen LogP contribution in [-0.4, -0.2) is 74.3 Å². The van der Waals surface area contributed by atoms with Crippen molar-refractivity contribution in [1.29, 1.82) is 0 Å². The maximum absolute atomic E-state index is 14.1. The van der Waals surface area contributed by atoms with Crippen LogP contribution in [0.15, 0.2) is 66.7 Å². The average molecular weight is 639 g/mol. The van der Waals surface area contributed by atoms with Gasteiger partial charge in [0.1, 0.15) is 5.82 Å². The molecule has 1 saturated heterocycles. The smallest absolute Gasteiger partial charge is 0.258 e. The minimum absolute atomic E-state index is 0.0249. The fourth-order valence-electron chi connectivity index (χ4n) is 6.57. The normalized spacial score (nSPS) is 18.3. The quantitative estimate of drug-likeness (QED) is 0.280. The number of nitrogens with zero attached hydrogens (tertiary/aromatic N) is 3. The summed E-state index contributed by atoms with van der Waals surface area (Å²) in [6.45, 7) is 4.38. The van der Waals surface area contributed by atoms with Gasteiger partial charge in [0.25, 0.3) is 5.91 Å². The number of carbonyl (C=O) groups excluding carboxylic acids is 3. The van der Waals surface area contributed by atoms with Crippen LogP contribution < -0.4 is 20.9 Å². The van der Waals surface area contributed by atoms with Gasteiger partial charge in [0.05, 0.1) is 23.5 Å².